The van der Waals surface area contributed by atoms with Crippen LogP contribution in [0.25, 0.3) is 11.1 Å². The van der Waals surface area contributed by atoms with Crippen molar-refractivity contribution in [2.24, 2.45) is 5.92 Å². The molecule has 0 radical (unpaired) electrons. The highest BCUT2D eigenvalue weighted by Crippen LogP contribution is 2.31. The summed E-state index contributed by atoms with van der Waals surface area (Å²) >= 11 is 0. The van der Waals surface area contributed by atoms with E-state index in [1.807, 2.05) is 46.3 Å². The number of benzene rings is 1. The number of carbonyl (C=O) groups excluding carboxylic acids is 2. The van der Waals surface area contributed by atoms with Gasteiger partial charge in [-0.15, -0.1) is 0 Å². The van der Waals surface area contributed by atoms with E-state index >= 15 is 0 Å². The van der Waals surface area contributed by atoms with Crippen LogP contribution in [0.15, 0.2) is 42.7 Å². The lowest BCUT2D eigenvalue weighted by Crippen LogP contribution is -2.51. The molecule has 1 aromatic heterocycles. The van der Waals surface area contributed by atoms with Gasteiger partial charge in [0, 0.05) is 43.9 Å². The molecule has 0 spiro atoms. The molecule has 1 aliphatic carbocycles. The van der Waals surface area contributed by atoms with Crippen molar-refractivity contribution >= 4 is 11.8 Å². The molecule has 1 aliphatic heterocycles. The smallest absolute Gasteiger partial charge is 0.244 e. The number of aromatic nitrogens is 2. The van der Waals surface area contributed by atoms with Crippen LogP contribution >= 0.6 is 0 Å². The number of amides is 2. The van der Waals surface area contributed by atoms with Gasteiger partial charge >= 0.3 is 0 Å². The van der Waals surface area contributed by atoms with Crippen LogP contribution in [0.1, 0.15) is 12.8 Å². The second kappa shape index (κ2) is 6.70. The molecule has 0 bridgehead atoms. The SMILES string of the molecule is O=C(Cn1cc(-c2ccccc2)cn1)N1CCN(C(=O)C2CC2)CC1. The third-order valence-corrected chi connectivity index (χ3v) is 4.91. The molecule has 2 heterocycles. The number of hydrogen-bond donors (Lipinski definition) is 0. The van der Waals surface area contributed by atoms with Crippen LogP contribution in [0.4, 0.5) is 0 Å². The third-order valence-electron chi connectivity index (χ3n) is 4.91. The van der Waals surface area contributed by atoms with Gasteiger partial charge in [0.05, 0.1) is 6.20 Å². The van der Waals surface area contributed by atoms with E-state index in [-0.39, 0.29) is 24.3 Å². The minimum atomic E-state index is 0.0567. The van der Waals surface area contributed by atoms with Gasteiger partial charge in [-0.25, -0.2) is 0 Å². The lowest BCUT2D eigenvalue weighted by molar-refractivity contribution is -0.140. The van der Waals surface area contributed by atoms with Crippen LogP contribution in [0.2, 0.25) is 0 Å². The second-order valence-corrected chi connectivity index (χ2v) is 6.77. The number of piperazine rings is 1. The molecule has 2 amide bonds. The van der Waals surface area contributed by atoms with Gasteiger partial charge in [0.15, 0.2) is 0 Å². The molecule has 2 aromatic rings. The van der Waals surface area contributed by atoms with E-state index in [1.54, 1.807) is 10.9 Å². The van der Waals surface area contributed by atoms with Gasteiger partial charge in [-0.2, -0.15) is 5.10 Å². The van der Waals surface area contributed by atoms with Crippen LogP contribution in [-0.2, 0) is 16.1 Å². The van der Waals surface area contributed by atoms with Gasteiger partial charge in [-0.3, -0.25) is 14.3 Å². The highest BCUT2D eigenvalue weighted by Gasteiger charge is 2.35. The van der Waals surface area contributed by atoms with E-state index in [4.69, 9.17) is 0 Å². The first-order valence-corrected chi connectivity index (χ1v) is 8.85. The molecule has 4 rings (SSSR count). The second-order valence-electron chi connectivity index (χ2n) is 6.77. The molecule has 1 saturated carbocycles. The molecule has 0 unspecified atom stereocenters. The van der Waals surface area contributed by atoms with Crippen LogP contribution < -0.4 is 0 Å². The number of carbonyl (C=O) groups is 2. The molecule has 0 atom stereocenters. The van der Waals surface area contributed by atoms with Crippen molar-refractivity contribution in [1.29, 1.82) is 0 Å². The predicted molar refractivity (Wildman–Crippen MR) is 93.5 cm³/mol. The average molecular weight is 338 g/mol. The molecule has 2 fully saturated rings. The third kappa shape index (κ3) is 3.57. The Labute approximate surface area is 147 Å². The molecule has 2 aliphatic rings. The maximum absolute atomic E-state index is 12.5. The van der Waals surface area contributed by atoms with Crippen molar-refractivity contribution < 1.29 is 9.59 Å². The largest absolute Gasteiger partial charge is 0.339 e. The van der Waals surface area contributed by atoms with Gasteiger partial charge < -0.3 is 9.80 Å². The van der Waals surface area contributed by atoms with E-state index in [2.05, 4.69) is 5.10 Å². The van der Waals surface area contributed by atoms with Crippen molar-refractivity contribution in [1.82, 2.24) is 19.6 Å². The molecule has 6 nitrogen and oxygen atoms in total. The quantitative estimate of drug-likeness (QED) is 0.851. The zero-order valence-corrected chi connectivity index (χ0v) is 14.2. The van der Waals surface area contributed by atoms with E-state index in [0.29, 0.717) is 26.2 Å². The fraction of sp³-hybridized carbons (Fsp3) is 0.421. The summed E-state index contributed by atoms with van der Waals surface area (Å²) in [6.45, 7) is 2.77. The van der Waals surface area contributed by atoms with Gasteiger partial charge in [0.25, 0.3) is 0 Å². The summed E-state index contributed by atoms with van der Waals surface area (Å²) in [5.41, 5.74) is 2.10. The van der Waals surface area contributed by atoms with Crippen molar-refractivity contribution in [2.45, 2.75) is 19.4 Å². The van der Waals surface area contributed by atoms with Crippen LogP contribution in [0.5, 0.6) is 0 Å². The average Bonchev–Trinajstić information content (AvgIpc) is 3.41. The maximum atomic E-state index is 12.5. The van der Waals surface area contributed by atoms with E-state index in [1.165, 1.54) is 0 Å². The van der Waals surface area contributed by atoms with Crippen molar-refractivity contribution in [2.75, 3.05) is 26.2 Å². The van der Waals surface area contributed by atoms with E-state index in [0.717, 1.165) is 24.0 Å². The minimum Gasteiger partial charge on any atom is -0.339 e. The van der Waals surface area contributed by atoms with Crippen molar-refractivity contribution in [3.8, 4) is 11.1 Å². The summed E-state index contributed by atoms with van der Waals surface area (Å²) in [7, 11) is 0. The van der Waals surface area contributed by atoms with Gasteiger partial charge in [-0.1, -0.05) is 30.3 Å². The number of rotatable bonds is 4. The van der Waals surface area contributed by atoms with Gasteiger partial charge in [0.1, 0.15) is 6.54 Å². The molecule has 25 heavy (non-hydrogen) atoms. The monoisotopic (exact) mass is 338 g/mol. The molecule has 6 heteroatoms. The fourth-order valence-electron chi connectivity index (χ4n) is 3.23. The Bertz CT molecular complexity index is 759. The first-order chi connectivity index (χ1) is 12.2. The lowest BCUT2D eigenvalue weighted by atomic mass is 10.1. The summed E-state index contributed by atoms with van der Waals surface area (Å²) in [6, 6.07) is 10.0. The Morgan fingerprint density at radius 3 is 2.32 bits per heavy atom. The summed E-state index contributed by atoms with van der Waals surface area (Å²) in [4.78, 5) is 28.3. The zero-order chi connectivity index (χ0) is 17.2. The lowest BCUT2D eigenvalue weighted by Gasteiger charge is -2.34. The summed E-state index contributed by atoms with van der Waals surface area (Å²) in [6.07, 6.45) is 5.75. The highest BCUT2D eigenvalue weighted by atomic mass is 16.2. The number of nitrogens with zero attached hydrogens (tertiary/aromatic N) is 4. The molecule has 130 valence electrons. The Morgan fingerprint density at radius 1 is 0.960 bits per heavy atom. The van der Waals surface area contributed by atoms with Gasteiger partial charge in [-0.05, 0) is 18.4 Å². The molecular formula is C19H22N4O2. The first kappa shape index (κ1) is 15.9. The Kier molecular flexibility index (Phi) is 4.26. The summed E-state index contributed by atoms with van der Waals surface area (Å²) in [5, 5.41) is 4.31. The van der Waals surface area contributed by atoms with Gasteiger partial charge in [0.2, 0.25) is 11.8 Å². The Balaban J connectivity index is 1.32. The predicted octanol–water partition coefficient (Wildman–Crippen LogP) is 1.63. The minimum absolute atomic E-state index is 0.0567. The van der Waals surface area contributed by atoms with Crippen LogP contribution in [0, 0.1) is 5.92 Å². The number of hydrogen-bond acceptors (Lipinski definition) is 3. The van der Waals surface area contributed by atoms with Crippen LogP contribution in [0.3, 0.4) is 0 Å². The standard InChI is InChI=1S/C19H22N4O2/c24-18(21-8-10-22(11-9-21)19(25)16-6-7-16)14-23-13-17(12-20-23)15-4-2-1-3-5-15/h1-5,12-13,16H,6-11,14H2. The molecule has 1 aromatic carbocycles. The summed E-state index contributed by atoms with van der Waals surface area (Å²) < 4.78 is 1.69. The Hall–Kier alpha value is -2.63. The van der Waals surface area contributed by atoms with Crippen LogP contribution in [-0.4, -0.2) is 57.6 Å². The van der Waals surface area contributed by atoms with Crippen molar-refractivity contribution in [3.05, 3.63) is 42.7 Å². The van der Waals surface area contributed by atoms with E-state index in [9.17, 15) is 9.59 Å². The molecule has 0 N–H and O–H groups in total. The normalized spacial score (nSPS) is 17.6. The zero-order valence-electron chi connectivity index (χ0n) is 14.2. The van der Waals surface area contributed by atoms with E-state index < -0.39 is 0 Å². The maximum Gasteiger partial charge on any atom is 0.244 e. The molecule has 1 saturated heterocycles. The molecular weight excluding hydrogens is 316 g/mol. The topological polar surface area (TPSA) is 58.4 Å². The summed E-state index contributed by atoms with van der Waals surface area (Å²) in [5.74, 6) is 0.579. The highest BCUT2D eigenvalue weighted by molar-refractivity contribution is 5.81. The fourth-order valence-corrected chi connectivity index (χ4v) is 3.23. The first-order valence-electron chi connectivity index (χ1n) is 8.85. The van der Waals surface area contributed by atoms with Crippen molar-refractivity contribution in [3.63, 3.8) is 0 Å². The Morgan fingerprint density at radius 2 is 1.64 bits per heavy atom.